The molecule has 1 aliphatic heterocycles. The lowest BCUT2D eigenvalue weighted by Crippen LogP contribution is -2.33. The number of amides is 2. The zero-order valence-electron chi connectivity index (χ0n) is 17.4. The van der Waals surface area contributed by atoms with E-state index in [4.69, 9.17) is 15.9 Å². The van der Waals surface area contributed by atoms with Gasteiger partial charge in [0.1, 0.15) is 11.6 Å². The summed E-state index contributed by atoms with van der Waals surface area (Å²) in [4.78, 5) is 26.7. The fourth-order valence-electron chi connectivity index (χ4n) is 3.57. The number of aryl methyl sites for hydroxylation is 1. The monoisotopic (exact) mass is 408 g/mol. The third kappa shape index (κ3) is 4.97. The molecule has 7 nitrogen and oxygen atoms in total. The second kappa shape index (κ2) is 9.43. The Morgan fingerprint density at radius 3 is 2.73 bits per heavy atom. The van der Waals surface area contributed by atoms with E-state index in [-0.39, 0.29) is 17.6 Å². The summed E-state index contributed by atoms with van der Waals surface area (Å²) in [7, 11) is 0. The Morgan fingerprint density at radius 2 is 2.10 bits per heavy atom. The quantitative estimate of drug-likeness (QED) is 0.458. The van der Waals surface area contributed by atoms with Gasteiger partial charge in [0.25, 0.3) is 5.91 Å². The minimum Gasteiger partial charge on any atom is -0.481 e. The maximum atomic E-state index is 12.9. The van der Waals surface area contributed by atoms with Gasteiger partial charge in [-0.1, -0.05) is 25.5 Å². The van der Waals surface area contributed by atoms with Crippen LogP contribution in [0, 0.1) is 12.3 Å². The Morgan fingerprint density at radius 1 is 1.30 bits per heavy atom. The maximum Gasteiger partial charge on any atom is 0.265 e. The number of nitrogens with two attached hydrogens (primary N) is 1. The van der Waals surface area contributed by atoms with Gasteiger partial charge >= 0.3 is 0 Å². The molecule has 0 spiro atoms. The van der Waals surface area contributed by atoms with Gasteiger partial charge in [0, 0.05) is 29.9 Å². The Labute approximate surface area is 176 Å². The van der Waals surface area contributed by atoms with Crippen LogP contribution in [0.15, 0.2) is 42.5 Å². The third-order valence-electron chi connectivity index (χ3n) is 5.10. The molecule has 0 aromatic heterocycles. The molecule has 0 saturated carbocycles. The molecule has 1 saturated heterocycles. The van der Waals surface area contributed by atoms with Gasteiger partial charge in [-0.05, 0) is 55.7 Å². The van der Waals surface area contributed by atoms with E-state index in [1.807, 2.05) is 32.0 Å². The molecule has 158 valence electrons. The van der Waals surface area contributed by atoms with Gasteiger partial charge in [0.2, 0.25) is 5.91 Å². The van der Waals surface area contributed by atoms with Gasteiger partial charge in [-0.3, -0.25) is 15.0 Å². The first kappa shape index (κ1) is 21.4. The van der Waals surface area contributed by atoms with E-state index < -0.39 is 6.10 Å². The number of nitrogens with one attached hydrogen (secondary N) is 2. The van der Waals surface area contributed by atoms with Crippen molar-refractivity contribution in [2.75, 3.05) is 16.8 Å². The summed E-state index contributed by atoms with van der Waals surface area (Å²) in [6.07, 6.45) is 2.11. The first-order valence-electron chi connectivity index (χ1n) is 10.2. The van der Waals surface area contributed by atoms with Crippen LogP contribution in [0.1, 0.15) is 43.7 Å². The molecule has 2 amide bonds. The molecule has 1 aliphatic rings. The number of rotatable bonds is 8. The molecule has 1 atom stereocenters. The first-order valence-corrected chi connectivity index (χ1v) is 10.2. The van der Waals surface area contributed by atoms with E-state index in [0.29, 0.717) is 29.8 Å². The van der Waals surface area contributed by atoms with Gasteiger partial charge in [0.05, 0.1) is 0 Å². The normalized spacial score (nSPS) is 14.5. The highest BCUT2D eigenvalue weighted by Gasteiger charge is 2.24. The summed E-state index contributed by atoms with van der Waals surface area (Å²) in [5, 5.41) is 10.5. The van der Waals surface area contributed by atoms with Crippen LogP contribution in [-0.4, -0.2) is 30.3 Å². The second-order valence-electron chi connectivity index (χ2n) is 7.48. The van der Waals surface area contributed by atoms with Crippen molar-refractivity contribution in [2.45, 2.75) is 45.6 Å². The average molecular weight is 409 g/mol. The van der Waals surface area contributed by atoms with Crippen molar-refractivity contribution in [1.82, 2.24) is 0 Å². The lowest BCUT2D eigenvalue weighted by Gasteiger charge is -2.21. The fourth-order valence-corrected chi connectivity index (χ4v) is 3.57. The number of nitrogen functional groups attached to an aromatic ring is 1. The molecule has 1 unspecified atom stereocenters. The maximum absolute atomic E-state index is 12.9. The number of ether oxygens (including phenoxy) is 1. The summed E-state index contributed by atoms with van der Waals surface area (Å²) in [6, 6.07) is 12.4. The van der Waals surface area contributed by atoms with Crippen molar-refractivity contribution in [1.29, 1.82) is 5.41 Å². The molecule has 2 aromatic rings. The number of anilines is 2. The number of amidine groups is 1. The number of carbonyl (C=O) groups excluding carboxylic acids is 2. The van der Waals surface area contributed by atoms with E-state index in [0.717, 1.165) is 30.6 Å². The lowest BCUT2D eigenvalue weighted by atomic mass is 10.1. The number of hydrogen-bond acceptors (Lipinski definition) is 4. The highest BCUT2D eigenvalue weighted by molar-refractivity contribution is 5.98. The minimum absolute atomic E-state index is 0.0519. The molecule has 1 fully saturated rings. The lowest BCUT2D eigenvalue weighted by molar-refractivity contribution is -0.123. The van der Waals surface area contributed by atoms with Crippen LogP contribution in [-0.2, 0) is 9.59 Å². The molecule has 1 heterocycles. The SMILES string of the molecule is CCCC(Oc1cccc(C(=N)N)c1)C(=O)Nc1ccc(N2CCCC2=O)c(C)c1. The summed E-state index contributed by atoms with van der Waals surface area (Å²) in [6.45, 7) is 4.66. The largest absolute Gasteiger partial charge is 0.481 e. The predicted molar refractivity (Wildman–Crippen MR) is 118 cm³/mol. The van der Waals surface area contributed by atoms with Crippen molar-refractivity contribution >= 4 is 29.0 Å². The Bertz CT molecular complexity index is 957. The van der Waals surface area contributed by atoms with Gasteiger partial charge in [-0.2, -0.15) is 0 Å². The van der Waals surface area contributed by atoms with Crippen molar-refractivity contribution in [2.24, 2.45) is 5.73 Å². The average Bonchev–Trinajstić information content (AvgIpc) is 3.13. The molecule has 30 heavy (non-hydrogen) atoms. The second-order valence-corrected chi connectivity index (χ2v) is 7.48. The van der Waals surface area contributed by atoms with E-state index in [1.165, 1.54) is 0 Å². The standard InChI is InChI=1S/C23H28N4O3/c1-3-6-20(30-18-8-4-7-16(14-18)22(24)25)23(29)26-17-10-11-19(15(2)13-17)27-12-5-9-21(27)28/h4,7-8,10-11,13-14,20H,3,5-6,9,12H2,1-2H3,(H3,24,25)(H,26,29). The van der Waals surface area contributed by atoms with Gasteiger partial charge in [-0.25, -0.2) is 0 Å². The number of carbonyl (C=O) groups is 2. The predicted octanol–water partition coefficient (Wildman–Crippen LogP) is 3.59. The van der Waals surface area contributed by atoms with Gasteiger partial charge in [-0.15, -0.1) is 0 Å². The van der Waals surface area contributed by atoms with E-state index in [2.05, 4.69) is 5.32 Å². The van der Waals surface area contributed by atoms with Crippen molar-refractivity contribution in [3.63, 3.8) is 0 Å². The third-order valence-corrected chi connectivity index (χ3v) is 5.10. The molecular formula is C23H28N4O3. The van der Waals surface area contributed by atoms with Crippen LogP contribution in [0.2, 0.25) is 0 Å². The summed E-state index contributed by atoms with van der Waals surface area (Å²) in [5.41, 5.74) is 8.57. The molecule has 0 radical (unpaired) electrons. The zero-order chi connectivity index (χ0) is 21.7. The molecule has 0 bridgehead atoms. The number of benzene rings is 2. The first-order chi connectivity index (χ1) is 14.4. The summed E-state index contributed by atoms with van der Waals surface area (Å²) >= 11 is 0. The van der Waals surface area contributed by atoms with Gasteiger partial charge in [0.15, 0.2) is 6.10 Å². The number of nitrogens with zero attached hydrogens (tertiary/aromatic N) is 1. The summed E-state index contributed by atoms with van der Waals surface area (Å²) in [5.74, 6) is 0.341. The van der Waals surface area contributed by atoms with Crippen LogP contribution in [0.25, 0.3) is 0 Å². The Kier molecular flexibility index (Phi) is 6.72. The fraction of sp³-hybridized carbons (Fsp3) is 0.348. The molecular weight excluding hydrogens is 380 g/mol. The van der Waals surface area contributed by atoms with Crippen LogP contribution in [0.3, 0.4) is 0 Å². The van der Waals surface area contributed by atoms with E-state index in [9.17, 15) is 9.59 Å². The van der Waals surface area contributed by atoms with Crippen LogP contribution < -0.4 is 20.7 Å². The molecule has 3 rings (SSSR count). The zero-order valence-corrected chi connectivity index (χ0v) is 17.4. The molecule has 7 heteroatoms. The number of hydrogen-bond donors (Lipinski definition) is 3. The Hall–Kier alpha value is -3.35. The topological polar surface area (TPSA) is 109 Å². The highest BCUT2D eigenvalue weighted by Crippen LogP contribution is 2.27. The van der Waals surface area contributed by atoms with Crippen molar-refractivity contribution in [3.8, 4) is 5.75 Å². The molecule has 4 N–H and O–H groups in total. The van der Waals surface area contributed by atoms with E-state index >= 15 is 0 Å². The van der Waals surface area contributed by atoms with Crippen molar-refractivity contribution in [3.05, 3.63) is 53.6 Å². The van der Waals surface area contributed by atoms with E-state index in [1.54, 1.807) is 29.2 Å². The highest BCUT2D eigenvalue weighted by atomic mass is 16.5. The molecule has 2 aromatic carbocycles. The van der Waals surface area contributed by atoms with Crippen LogP contribution >= 0.6 is 0 Å². The van der Waals surface area contributed by atoms with Crippen LogP contribution in [0.5, 0.6) is 5.75 Å². The van der Waals surface area contributed by atoms with Gasteiger partial charge < -0.3 is 20.7 Å². The summed E-state index contributed by atoms with van der Waals surface area (Å²) < 4.78 is 5.91. The molecule has 0 aliphatic carbocycles. The smallest absolute Gasteiger partial charge is 0.265 e. The minimum atomic E-state index is -0.669. The van der Waals surface area contributed by atoms with Crippen molar-refractivity contribution < 1.29 is 14.3 Å². The Balaban J connectivity index is 1.72. The van der Waals surface area contributed by atoms with Crippen LogP contribution in [0.4, 0.5) is 11.4 Å².